The molecule has 1 amide bonds. The van der Waals surface area contributed by atoms with Crippen LogP contribution in [0.1, 0.15) is 35.0 Å². The molecule has 2 aromatic carbocycles. The second kappa shape index (κ2) is 10.2. The number of carbonyl (C=O) groups is 1. The Morgan fingerprint density at radius 1 is 1.12 bits per heavy atom. The van der Waals surface area contributed by atoms with Crippen molar-refractivity contribution in [3.8, 4) is 5.75 Å². The second-order valence-electron chi connectivity index (χ2n) is 6.88. The van der Waals surface area contributed by atoms with Crippen molar-refractivity contribution in [2.24, 2.45) is 0 Å². The van der Waals surface area contributed by atoms with Crippen molar-refractivity contribution in [1.29, 1.82) is 0 Å². The number of ether oxygens (including phenoxy) is 1. The predicted octanol–water partition coefficient (Wildman–Crippen LogP) is 5.39. The molecule has 0 aliphatic heterocycles. The molecule has 12 heteroatoms. The van der Waals surface area contributed by atoms with Gasteiger partial charge < -0.3 is 10.1 Å². The zero-order valence-electron chi connectivity index (χ0n) is 17.3. The number of rotatable bonds is 9. The van der Waals surface area contributed by atoms with Crippen LogP contribution in [0.2, 0.25) is 0 Å². The Bertz CT molecular complexity index is 1210. The van der Waals surface area contributed by atoms with Crippen molar-refractivity contribution >= 4 is 38.8 Å². The highest BCUT2D eigenvalue weighted by atomic mass is 32.2. The molecular weight excluding hydrogens is 479 g/mol. The van der Waals surface area contributed by atoms with Crippen LogP contribution in [0.5, 0.6) is 5.75 Å². The predicted molar refractivity (Wildman–Crippen MR) is 119 cm³/mol. The number of sulfonamides is 1. The third kappa shape index (κ3) is 6.45. The maximum Gasteiger partial charge on any atom is 0.416 e. The lowest BCUT2D eigenvalue weighted by atomic mass is 10.2. The molecule has 0 spiro atoms. The number of hydrogen-bond donors (Lipinski definition) is 2. The second-order valence-corrected chi connectivity index (χ2v) is 9.36. The summed E-state index contributed by atoms with van der Waals surface area (Å²) in [4.78, 5) is 12.4. The van der Waals surface area contributed by atoms with Gasteiger partial charge in [0.25, 0.3) is 15.9 Å². The topological polar surface area (TPSA) is 97.4 Å². The van der Waals surface area contributed by atoms with E-state index in [1.54, 1.807) is 0 Å². The Hall–Kier alpha value is -3.12. The number of nitrogens with one attached hydrogen (secondary N) is 2. The van der Waals surface area contributed by atoms with Crippen molar-refractivity contribution < 1.29 is 31.1 Å². The van der Waals surface area contributed by atoms with Gasteiger partial charge in [-0.2, -0.15) is 13.2 Å². The molecule has 7 nitrogen and oxygen atoms in total. The molecule has 0 saturated carbocycles. The first kappa shape index (κ1) is 24.5. The molecule has 33 heavy (non-hydrogen) atoms. The summed E-state index contributed by atoms with van der Waals surface area (Å²) in [5.41, 5.74) is -0.937. The minimum Gasteiger partial charge on any atom is -0.492 e. The van der Waals surface area contributed by atoms with E-state index in [-0.39, 0.29) is 28.6 Å². The van der Waals surface area contributed by atoms with Crippen molar-refractivity contribution in [2.45, 2.75) is 30.8 Å². The van der Waals surface area contributed by atoms with E-state index >= 15 is 0 Å². The molecule has 0 unspecified atom stereocenters. The molecule has 1 heterocycles. The summed E-state index contributed by atoms with van der Waals surface area (Å²) >= 11 is 1.00. The number of nitrogens with zero attached hydrogens (tertiary/aromatic N) is 1. The quantitative estimate of drug-likeness (QED) is 0.385. The van der Waals surface area contributed by atoms with Gasteiger partial charge >= 0.3 is 6.18 Å². The third-order valence-electron chi connectivity index (χ3n) is 4.35. The van der Waals surface area contributed by atoms with Crippen LogP contribution in [0.25, 0.3) is 0 Å². The van der Waals surface area contributed by atoms with Gasteiger partial charge in [-0.05, 0) is 54.4 Å². The largest absolute Gasteiger partial charge is 0.492 e. The number of alkyl halides is 3. The van der Waals surface area contributed by atoms with Crippen LogP contribution in [0.4, 0.5) is 24.5 Å². The summed E-state index contributed by atoms with van der Waals surface area (Å²) in [7, 11) is -4.29. The average Bonchev–Trinajstić information content (AvgIpc) is 3.28. The van der Waals surface area contributed by atoms with Gasteiger partial charge in [-0.3, -0.25) is 9.52 Å². The number of halogens is 3. The summed E-state index contributed by atoms with van der Waals surface area (Å²) in [5, 5.41) is 2.64. The zero-order valence-corrected chi connectivity index (χ0v) is 19.0. The highest BCUT2D eigenvalue weighted by molar-refractivity contribution is 7.92. The summed E-state index contributed by atoms with van der Waals surface area (Å²) < 4.78 is 76.5. The summed E-state index contributed by atoms with van der Waals surface area (Å²) in [6.45, 7) is 2.15. The lowest BCUT2D eigenvalue weighted by Crippen LogP contribution is -2.16. The highest BCUT2D eigenvalue weighted by Gasteiger charge is 2.31. The number of anilines is 2. The van der Waals surface area contributed by atoms with Gasteiger partial charge in [-0.15, -0.1) is 0 Å². The minimum absolute atomic E-state index is 0.0370. The first-order chi connectivity index (χ1) is 15.6. The van der Waals surface area contributed by atoms with Crippen LogP contribution in [0.3, 0.4) is 0 Å². The molecule has 0 aliphatic carbocycles. The molecule has 176 valence electrons. The van der Waals surface area contributed by atoms with Gasteiger partial charge in [0.1, 0.15) is 15.5 Å². The molecule has 3 aromatic rings. The smallest absolute Gasteiger partial charge is 0.416 e. The minimum atomic E-state index is -4.62. The molecule has 0 radical (unpaired) electrons. The number of carbonyl (C=O) groups excluding carboxylic acids is 1. The molecule has 2 N–H and O–H groups in total. The number of unbranched alkanes of at least 4 members (excludes halogenated alkanes) is 1. The van der Waals surface area contributed by atoms with Gasteiger partial charge in [0.05, 0.1) is 12.2 Å². The van der Waals surface area contributed by atoms with Crippen molar-refractivity contribution in [3.63, 3.8) is 0 Å². The van der Waals surface area contributed by atoms with Gasteiger partial charge in [0.2, 0.25) is 0 Å². The van der Waals surface area contributed by atoms with Crippen LogP contribution in [-0.4, -0.2) is 25.3 Å². The first-order valence-corrected chi connectivity index (χ1v) is 12.0. The fourth-order valence-corrected chi connectivity index (χ4v) is 4.41. The molecule has 3 rings (SSSR count). The maximum atomic E-state index is 13.0. The van der Waals surface area contributed by atoms with E-state index in [4.69, 9.17) is 4.74 Å². The van der Waals surface area contributed by atoms with E-state index in [9.17, 15) is 26.4 Å². The van der Waals surface area contributed by atoms with Gasteiger partial charge in [-0.1, -0.05) is 19.4 Å². The van der Waals surface area contributed by atoms with Crippen LogP contribution in [-0.2, 0) is 16.2 Å². The van der Waals surface area contributed by atoms with Gasteiger partial charge in [0, 0.05) is 23.6 Å². The molecule has 0 fully saturated rings. The standard InChI is InChI=1S/C21H20F3N3O4S2/c1-2-3-11-31-17-13-15(26-20(28)18-9-10-25-32-18)7-8-19(17)33(29,30)27-16-6-4-5-14(12-16)21(22,23)24/h4-10,12-13,27H,2-3,11H2,1H3,(H,26,28). The zero-order chi connectivity index (χ0) is 24.1. The van der Waals surface area contributed by atoms with E-state index in [0.717, 1.165) is 30.1 Å². The Morgan fingerprint density at radius 2 is 1.91 bits per heavy atom. The summed E-state index contributed by atoms with van der Waals surface area (Å²) in [6, 6.07) is 9.36. The average molecular weight is 500 g/mol. The van der Waals surface area contributed by atoms with Crippen LogP contribution >= 0.6 is 11.5 Å². The fraction of sp³-hybridized carbons (Fsp3) is 0.238. The number of aromatic nitrogens is 1. The maximum absolute atomic E-state index is 13.0. The van der Waals surface area contributed by atoms with Gasteiger partial charge in [0.15, 0.2) is 0 Å². The number of amides is 1. The van der Waals surface area contributed by atoms with E-state index in [2.05, 4.69) is 14.4 Å². The van der Waals surface area contributed by atoms with E-state index in [1.807, 2.05) is 6.92 Å². The van der Waals surface area contributed by atoms with E-state index in [0.29, 0.717) is 17.4 Å². The lowest BCUT2D eigenvalue weighted by Gasteiger charge is -2.16. The van der Waals surface area contributed by atoms with Crippen LogP contribution in [0.15, 0.2) is 59.6 Å². The van der Waals surface area contributed by atoms with E-state index < -0.39 is 27.7 Å². The molecular formula is C21H20F3N3O4S2. The molecule has 1 aromatic heterocycles. The van der Waals surface area contributed by atoms with Crippen LogP contribution < -0.4 is 14.8 Å². The Kier molecular flexibility index (Phi) is 7.59. The normalized spacial score (nSPS) is 11.8. The lowest BCUT2D eigenvalue weighted by molar-refractivity contribution is -0.137. The van der Waals surface area contributed by atoms with Gasteiger partial charge in [-0.25, -0.2) is 12.8 Å². The van der Waals surface area contributed by atoms with E-state index in [1.165, 1.54) is 36.5 Å². The third-order valence-corrected chi connectivity index (χ3v) is 6.52. The first-order valence-electron chi connectivity index (χ1n) is 9.79. The summed E-state index contributed by atoms with van der Waals surface area (Å²) in [5.74, 6) is -0.459. The number of benzene rings is 2. The van der Waals surface area contributed by atoms with Crippen molar-refractivity contribution in [3.05, 3.63) is 65.2 Å². The van der Waals surface area contributed by atoms with Crippen LogP contribution in [0, 0.1) is 0 Å². The summed E-state index contributed by atoms with van der Waals surface area (Å²) in [6.07, 6.45) is -1.69. The highest BCUT2D eigenvalue weighted by Crippen LogP contribution is 2.33. The SMILES string of the molecule is CCCCOc1cc(NC(=O)c2ccns2)ccc1S(=O)(=O)Nc1cccc(C(F)(F)F)c1. The monoisotopic (exact) mass is 499 g/mol. The van der Waals surface area contributed by atoms with Crippen molar-refractivity contribution in [2.75, 3.05) is 16.6 Å². The Balaban J connectivity index is 1.90. The van der Waals surface area contributed by atoms with Crippen molar-refractivity contribution in [1.82, 2.24) is 4.37 Å². The molecule has 0 bridgehead atoms. The molecule has 0 aliphatic rings. The molecule has 0 saturated heterocycles. The Labute approximate surface area is 192 Å². The fourth-order valence-electron chi connectivity index (χ4n) is 2.74. The Morgan fingerprint density at radius 3 is 2.58 bits per heavy atom. The number of hydrogen-bond acceptors (Lipinski definition) is 6. The molecule has 0 atom stereocenters.